The zero-order chi connectivity index (χ0) is 27.4. The highest BCUT2D eigenvalue weighted by molar-refractivity contribution is 5.27. The maximum atomic E-state index is 4.46. The molecule has 36 heavy (non-hydrogen) atoms. The van der Waals surface area contributed by atoms with E-state index in [1.165, 1.54) is 11.1 Å². The lowest BCUT2D eigenvalue weighted by molar-refractivity contribution is 0.729. The molecule has 2 aromatic heterocycles. The summed E-state index contributed by atoms with van der Waals surface area (Å²) in [6.45, 7) is 26.0. The molecule has 0 radical (unpaired) electrons. The van der Waals surface area contributed by atoms with E-state index in [1.807, 2.05) is 24.5 Å². The largest absolute Gasteiger partial charge is 0.241 e. The van der Waals surface area contributed by atoms with E-state index in [4.69, 9.17) is 0 Å². The van der Waals surface area contributed by atoms with Gasteiger partial charge in [0.15, 0.2) is 0 Å². The molecule has 1 aromatic carbocycles. The number of hydrogen-bond donors (Lipinski definition) is 0. The molecule has 0 spiro atoms. The number of rotatable bonds is 6. The van der Waals surface area contributed by atoms with Crippen LogP contribution in [0.4, 0.5) is 0 Å². The zero-order valence-corrected chi connectivity index (χ0v) is 24.9. The monoisotopic (exact) mass is 490 g/mol. The Morgan fingerprint density at radius 2 is 0.806 bits per heavy atom. The van der Waals surface area contributed by atoms with Crippen molar-refractivity contribution in [2.75, 3.05) is 0 Å². The highest BCUT2D eigenvalue weighted by Gasteiger charge is 2.06. The molecule has 0 fully saturated rings. The minimum absolute atomic E-state index is 0.420. The molecular weight excluding hydrogens is 440 g/mol. The summed E-state index contributed by atoms with van der Waals surface area (Å²) in [7, 11) is 0. The van der Waals surface area contributed by atoms with Gasteiger partial charge < -0.3 is 0 Å². The van der Waals surface area contributed by atoms with Gasteiger partial charge >= 0.3 is 0 Å². The molecule has 0 amide bonds. The Labute approximate surface area is 221 Å². The molecule has 0 aliphatic rings. The van der Waals surface area contributed by atoms with Crippen LogP contribution < -0.4 is 0 Å². The fourth-order valence-electron chi connectivity index (χ4n) is 3.25. The second-order valence-electron chi connectivity index (χ2n) is 11.3. The first kappa shape index (κ1) is 31.4. The van der Waals surface area contributed by atoms with E-state index in [1.54, 1.807) is 0 Å². The van der Waals surface area contributed by atoms with Crippen molar-refractivity contribution in [2.45, 2.75) is 119 Å². The van der Waals surface area contributed by atoms with E-state index in [0.717, 1.165) is 23.0 Å². The van der Waals surface area contributed by atoms with Gasteiger partial charge in [-0.2, -0.15) is 0 Å². The average molecular weight is 491 g/mol. The van der Waals surface area contributed by atoms with Gasteiger partial charge in [0, 0.05) is 35.6 Å². The topological polar surface area (TPSA) is 51.6 Å². The fraction of sp³-hybridized carbons (Fsp3) is 0.562. The highest BCUT2D eigenvalue weighted by atomic mass is 14.9. The molecule has 3 aromatic rings. The smallest absolute Gasteiger partial charge is 0.131 e. The van der Waals surface area contributed by atoms with E-state index in [2.05, 4.69) is 127 Å². The summed E-state index contributed by atoms with van der Waals surface area (Å²) in [5.41, 5.74) is 5.16. The SMILES string of the molecule is CC(C)c1cccc(C(C)C)c1.CC(C)c1ccnc(C(C)C)n1.CC(C)c1ccnc(C(C)C)n1. The molecule has 0 unspecified atom stereocenters. The number of nitrogens with zero attached hydrogens (tertiary/aromatic N) is 4. The van der Waals surface area contributed by atoms with Crippen molar-refractivity contribution < 1.29 is 0 Å². The Bertz CT molecular complexity index is 818. The Balaban J connectivity index is 0.000000270. The molecule has 0 saturated carbocycles. The van der Waals surface area contributed by atoms with Gasteiger partial charge in [-0.15, -0.1) is 0 Å². The van der Waals surface area contributed by atoms with Crippen molar-refractivity contribution >= 4 is 0 Å². The van der Waals surface area contributed by atoms with Crippen LogP contribution in [0, 0.1) is 0 Å². The van der Waals surface area contributed by atoms with E-state index in [0.29, 0.717) is 35.5 Å². The molecule has 4 nitrogen and oxygen atoms in total. The van der Waals surface area contributed by atoms with Crippen molar-refractivity contribution in [2.24, 2.45) is 0 Å². The Morgan fingerprint density at radius 3 is 1.08 bits per heavy atom. The molecular formula is C32H50N4. The van der Waals surface area contributed by atoms with E-state index in [-0.39, 0.29) is 0 Å². The number of benzene rings is 1. The predicted molar refractivity (Wildman–Crippen MR) is 155 cm³/mol. The number of hydrogen-bond acceptors (Lipinski definition) is 4. The third-order valence-corrected chi connectivity index (χ3v) is 5.85. The molecule has 0 aliphatic heterocycles. The van der Waals surface area contributed by atoms with Crippen molar-refractivity contribution in [3.63, 3.8) is 0 Å². The summed E-state index contributed by atoms with van der Waals surface area (Å²) in [5.74, 6) is 5.00. The second kappa shape index (κ2) is 15.5. The van der Waals surface area contributed by atoms with Gasteiger partial charge in [-0.1, -0.05) is 107 Å². The molecule has 198 valence electrons. The minimum Gasteiger partial charge on any atom is -0.241 e. The Hall–Kier alpha value is -2.62. The Kier molecular flexibility index (Phi) is 13.5. The molecule has 0 aliphatic carbocycles. The van der Waals surface area contributed by atoms with Gasteiger partial charge in [0.1, 0.15) is 11.6 Å². The molecule has 0 bridgehead atoms. The van der Waals surface area contributed by atoms with E-state index < -0.39 is 0 Å². The molecule has 0 saturated heterocycles. The van der Waals surface area contributed by atoms with Crippen LogP contribution in [0.1, 0.15) is 153 Å². The van der Waals surface area contributed by atoms with Crippen LogP contribution in [0.25, 0.3) is 0 Å². The van der Waals surface area contributed by atoms with Crippen LogP contribution in [0.5, 0.6) is 0 Å². The first-order valence-electron chi connectivity index (χ1n) is 13.6. The van der Waals surface area contributed by atoms with Crippen LogP contribution >= 0.6 is 0 Å². The van der Waals surface area contributed by atoms with Crippen LogP contribution in [0.15, 0.2) is 48.8 Å². The third-order valence-electron chi connectivity index (χ3n) is 5.85. The molecule has 4 heteroatoms. The Morgan fingerprint density at radius 1 is 0.444 bits per heavy atom. The van der Waals surface area contributed by atoms with Crippen molar-refractivity contribution in [1.82, 2.24) is 19.9 Å². The third kappa shape index (κ3) is 11.0. The number of aromatic nitrogens is 4. The second-order valence-corrected chi connectivity index (χ2v) is 11.3. The summed E-state index contributed by atoms with van der Waals surface area (Å²) >= 11 is 0. The molecule has 3 rings (SSSR count). The first-order valence-corrected chi connectivity index (χ1v) is 13.6. The standard InChI is InChI=1S/C12H18.2C10H16N2/c1-9(2)11-6-5-7-12(8-11)10(3)4;2*1-7(2)9-5-6-11-10(12-9)8(3)4/h5-10H,1-4H3;2*5-8H,1-4H3. The van der Waals surface area contributed by atoms with Gasteiger partial charge in [0.25, 0.3) is 0 Å². The maximum Gasteiger partial charge on any atom is 0.131 e. The summed E-state index contributed by atoms with van der Waals surface area (Å²) in [4.78, 5) is 17.3. The van der Waals surface area contributed by atoms with Gasteiger partial charge in [-0.25, -0.2) is 19.9 Å². The van der Waals surface area contributed by atoms with Gasteiger partial charge in [0.05, 0.1) is 0 Å². The maximum absolute atomic E-state index is 4.46. The van der Waals surface area contributed by atoms with Crippen molar-refractivity contribution in [1.29, 1.82) is 0 Å². The van der Waals surface area contributed by atoms with Gasteiger partial charge in [0.2, 0.25) is 0 Å². The van der Waals surface area contributed by atoms with Gasteiger partial charge in [-0.3, -0.25) is 0 Å². The minimum atomic E-state index is 0.420. The average Bonchev–Trinajstić information content (AvgIpc) is 2.85. The lowest BCUT2D eigenvalue weighted by Crippen LogP contribution is -2.01. The van der Waals surface area contributed by atoms with Crippen LogP contribution in [-0.4, -0.2) is 19.9 Å². The molecule has 0 atom stereocenters. The molecule has 2 heterocycles. The lowest BCUT2D eigenvalue weighted by atomic mass is 9.96. The van der Waals surface area contributed by atoms with Crippen LogP contribution in [-0.2, 0) is 0 Å². The highest BCUT2D eigenvalue weighted by Crippen LogP contribution is 2.20. The van der Waals surface area contributed by atoms with E-state index in [9.17, 15) is 0 Å². The summed E-state index contributed by atoms with van der Waals surface area (Å²) < 4.78 is 0. The normalized spacial score (nSPS) is 11.2. The van der Waals surface area contributed by atoms with Crippen molar-refractivity contribution in [3.05, 3.63) is 83.0 Å². The fourth-order valence-corrected chi connectivity index (χ4v) is 3.25. The van der Waals surface area contributed by atoms with E-state index >= 15 is 0 Å². The van der Waals surface area contributed by atoms with Crippen LogP contribution in [0.2, 0.25) is 0 Å². The first-order chi connectivity index (χ1) is 16.8. The zero-order valence-electron chi connectivity index (χ0n) is 24.9. The predicted octanol–water partition coefficient (Wildman–Crippen LogP) is 9.38. The van der Waals surface area contributed by atoms with Crippen molar-refractivity contribution in [3.8, 4) is 0 Å². The summed E-state index contributed by atoms with van der Waals surface area (Å²) in [5, 5.41) is 0. The quantitative estimate of drug-likeness (QED) is 0.345. The summed E-state index contributed by atoms with van der Waals surface area (Å²) in [6.07, 6.45) is 3.69. The van der Waals surface area contributed by atoms with Gasteiger partial charge in [-0.05, 0) is 46.9 Å². The summed E-state index contributed by atoms with van der Waals surface area (Å²) in [6, 6.07) is 12.8. The molecule has 0 N–H and O–H groups in total. The lowest BCUT2D eigenvalue weighted by Gasteiger charge is -2.09. The van der Waals surface area contributed by atoms with Crippen LogP contribution in [0.3, 0.4) is 0 Å².